The standard InChI is InChI=1S/C44H42N4O2.Zr/c1-29-23-31(43(49)41(25-29)47-37-17-9-5-13-33(37)34-14-6-10-18-38(34)47)27-45(3)21-22-46(4)28-32-24-30(2)26-42(44(32)50)48-39-19-11-7-15-35(39)36-16-8-12-20-40(36)48;/h5-20,23-26,49-50H,21-22,27-28H2,1-4H3;. The fourth-order valence-corrected chi connectivity index (χ4v) is 7.69. The van der Waals surface area contributed by atoms with Crippen molar-refractivity contribution in [1.82, 2.24) is 18.9 Å². The first-order valence-corrected chi connectivity index (χ1v) is 17.3. The SMILES string of the molecule is Cc1cc(CN(C)CCN(C)Cc2cc(C)cc(-n3c4ccccc4c4ccccc43)c2O)c(O)c(-n2c3ccccc3c3ccccc32)c1.[Zr]. The fraction of sp³-hybridized carbons (Fsp3) is 0.182. The minimum atomic E-state index is 0. The van der Waals surface area contributed by atoms with E-state index in [0.717, 1.165) is 68.8 Å². The van der Waals surface area contributed by atoms with Crippen LogP contribution < -0.4 is 0 Å². The number of nitrogens with zero attached hydrogens (tertiary/aromatic N) is 4. The Bertz CT molecular complexity index is 2270. The van der Waals surface area contributed by atoms with E-state index in [4.69, 9.17) is 0 Å². The predicted octanol–water partition coefficient (Wildman–Crippen LogP) is 9.47. The molecule has 0 amide bonds. The third-order valence-electron chi connectivity index (χ3n) is 10.0. The molecule has 6 aromatic carbocycles. The van der Waals surface area contributed by atoms with Gasteiger partial charge in [-0.2, -0.15) is 0 Å². The zero-order chi connectivity index (χ0) is 34.5. The molecule has 7 heteroatoms. The maximum atomic E-state index is 11.7. The molecule has 0 aliphatic carbocycles. The van der Waals surface area contributed by atoms with Crippen LogP contribution in [-0.2, 0) is 39.3 Å². The van der Waals surface area contributed by atoms with Crippen LogP contribution in [0, 0.1) is 13.8 Å². The molecule has 8 aromatic rings. The van der Waals surface area contributed by atoms with Gasteiger partial charge in [0.15, 0.2) is 0 Å². The monoisotopic (exact) mass is 748 g/mol. The van der Waals surface area contributed by atoms with E-state index in [1.807, 2.05) is 0 Å². The van der Waals surface area contributed by atoms with Gasteiger partial charge in [-0.3, -0.25) is 0 Å². The summed E-state index contributed by atoms with van der Waals surface area (Å²) in [6.45, 7) is 6.99. The summed E-state index contributed by atoms with van der Waals surface area (Å²) >= 11 is 0. The van der Waals surface area contributed by atoms with Crippen molar-refractivity contribution < 1.29 is 36.4 Å². The minimum absolute atomic E-state index is 0. The van der Waals surface area contributed by atoms with E-state index in [0.29, 0.717) is 24.6 Å². The number of likely N-dealkylation sites (N-methyl/N-ethyl adjacent to an activating group) is 2. The summed E-state index contributed by atoms with van der Waals surface area (Å²) in [4.78, 5) is 4.50. The maximum absolute atomic E-state index is 11.7. The molecule has 0 bridgehead atoms. The molecule has 6 nitrogen and oxygen atoms in total. The summed E-state index contributed by atoms with van der Waals surface area (Å²) < 4.78 is 4.37. The van der Waals surface area contributed by atoms with E-state index >= 15 is 0 Å². The summed E-state index contributed by atoms with van der Waals surface area (Å²) in [5, 5.41) is 28.2. The van der Waals surface area contributed by atoms with Crippen molar-refractivity contribution in [3.05, 3.63) is 144 Å². The molecule has 0 spiro atoms. The van der Waals surface area contributed by atoms with Crippen LogP contribution in [0.25, 0.3) is 55.0 Å². The predicted molar refractivity (Wildman–Crippen MR) is 207 cm³/mol. The van der Waals surface area contributed by atoms with Crippen LogP contribution >= 0.6 is 0 Å². The summed E-state index contributed by atoms with van der Waals surface area (Å²) in [5.41, 5.74) is 9.94. The van der Waals surface area contributed by atoms with Gasteiger partial charge in [0.05, 0.1) is 33.4 Å². The molecule has 0 aliphatic heterocycles. The number of benzene rings is 6. The second-order valence-electron chi connectivity index (χ2n) is 13.8. The van der Waals surface area contributed by atoms with Crippen LogP contribution in [0.3, 0.4) is 0 Å². The van der Waals surface area contributed by atoms with Gasteiger partial charge < -0.3 is 29.1 Å². The number of fused-ring (bicyclic) bond motifs is 6. The van der Waals surface area contributed by atoms with Gasteiger partial charge in [-0.15, -0.1) is 0 Å². The van der Waals surface area contributed by atoms with Crippen molar-refractivity contribution in [1.29, 1.82) is 0 Å². The van der Waals surface area contributed by atoms with Crippen molar-refractivity contribution in [2.24, 2.45) is 0 Å². The fourth-order valence-electron chi connectivity index (χ4n) is 7.69. The minimum Gasteiger partial charge on any atom is -0.505 e. The van der Waals surface area contributed by atoms with Crippen LogP contribution in [0.5, 0.6) is 11.5 Å². The topological polar surface area (TPSA) is 56.8 Å². The second-order valence-corrected chi connectivity index (χ2v) is 13.8. The number of hydrogen-bond acceptors (Lipinski definition) is 4. The number of para-hydroxylation sites is 4. The number of hydrogen-bond donors (Lipinski definition) is 2. The van der Waals surface area contributed by atoms with E-state index < -0.39 is 0 Å². The summed E-state index contributed by atoms with van der Waals surface area (Å²) in [6, 6.07) is 41.9. The van der Waals surface area contributed by atoms with Crippen LogP contribution in [0.1, 0.15) is 22.3 Å². The normalized spacial score (nSPS) is 11.8. The Balaban J connectivity index is 0.00000406. The number of aromatic nitrogens is 2. The molecular formula is C44H42N4O2Zr. The van der Waals surface area contributed by atoms with Gasteiger partial charge >= 0.3 is 0 Å². The first-order chi connectivity index (χ1) is 24.3. The van der Waals surface area contributed by atoms with E-state index in [1.54, 1.807) is 0 Å². The number of aromatic hydroxyl groups is 2. The number of rotatable bonds is 9. The zero-order valence-corrected chi connectivity index (χ0v) is 32.0. The molecule has 0 saturated carbocycles. The molecule has 0 unspecified atom stereocenters. The van der Waals surface area contributed by atoms with Crippen LogP contribution in [0.15, 0.2) is 121 Å². The van der Waals surface area contributed by atoms with Gasteiger partial charge in [-0.05, 0) is 75.5 Å². The molecule has 0 saturated heterocycles. The number of aryl methyl sites for hydroxylation is 2. The molecule has 0 atom stereocenters. The molecule has 254 valence electrons. The molecular weight excluding hydrogens is 708 g/mol. The molecule has 51 heavy (non-hydrogen) atoms. The number of phenols is 2. The third kappa shape index (κ3) is 6.29. The Morgan fingerprint density at radius 3 is 1.08 bits per heavy atom. The van der Waals surface area contributed by atoms with E-state index in [1.165, 1.54) is 21.5 Å². The van der Waals surface area contributed by atoms with Crippen molar-refractivity contribution in [3.8, 4) is 22.9 Å². The van der Waals surface area contributed by atoms with Crippen molar-refractivity contribution >= 4 is 43.6 Å². The Morgan fingerprint density at radius 2 is 0.765 bits per heavy atom. The maximum Gasteiger partial charge on any atom is 0.144 e. The third-order valence-corrected chi connectivity index (χ3v) is 10.0. The average molecular weight is 750 g/mol. The summed E-state index contributed by atoms with van der Waals surface area (Å²) in [7, 11) is 4.19. The van der Waals surface area contributed by atoms with Crippen LogP contribution in [-0.4, -0.2) is 56.3 Å². The molecule has 2 heterocycles. The Kier molecular flexibility index (Phi) is 9.64. The van der Waals surface area contributed by atoms with Crippen LogP contribution in [0.4, 0.5) is 0 Å². The Labute approximate surface area is 317 Å². The first-order valence-electron chi connectivity index (χ1n) is 17.3. The van der Waals surface area contributed by atoms with Crippen molar-refractivity contribution in [2.75, 3.05) is 27.2 Å². The van der Waals surface area contributed by atoms with Gasteiger partial charge in [0.1, 0.15) is 11.5 Å². The van der Waals surface area contributed by atoms with Gasteiger partial charge in [-0.25, -0.2) is 0 Å². The average Bonchev–Trinajstić information content (AvgIpc) is 3.63. The van der Waals surface area contributed by atoms with Gasteiger partial charge in [0.25, 0.3) is 0 Å². The van der Waals surface area contributed by atoms with Gasteiger partial charge in [0, 0.05) is 85.1 Å². The van der Waals surface area contributed by atoms with E-state index in [-0.39, 0.29) is 26.2 Å². The zero-order valence-electron chi connectivity index (χ0n) is 29.6. The molecule has 8 rings (SSSR count). The first kappa shape index (κ1) is 34.8. The smallest absolute Gasteiger partial charge is 0.144 e. The largest absolute Gasteiger partial charge is 0.505 e. The Hall–Kier alpha value is -4.68. The summed E-state index contributed by atoms with van der Waals surface area (Å²) in [5.74, 6) is 0.620. The second kappa shape index (κ2) is 14.2. The molecule has 0 fully saturated rings. The van der Waals surface area contributed by atoms with Gasteiger partial charge in [0.2, 0.25) is 0 Å². The van der Waals surface area contributed by atoms with E-state index in [2.05, 4.69) is 168 Å². The number of phenolic OH excluding ortho intramolecular Hbond substituents is 2. The van der Waals surface area contributed by atoms with Crippen molar-refractivity contribution in [3.63, 3.8) is 0 Å². The quantitative estimate of drug-likeness (QED) is 0.155. The molecule has 2 N–H and O–H groups in total. The summed E-state index contributed by atoms with van der Waals surface area (Å²) in [6.07, 6.45) is 0. The van der Waals surface area contributed by atoms with Crippen molar-refractivity contribution in [2.45, 2.75) is 26.9 Å². The van der Waals surface area contributed by atoms with Crippen LogP contribution in [0.2, 0.25) is 0 Å². The molecule has 0 aliphatic rings. The Morgan fingerprint density at radius 1 is 0.471 bits per heavy atom. The van der Waals surface area contributed by atoms with Gasteiger partial charge in [-0.1, -0.05) is 84.9 Å². The molecule has 0 radical (unpaired) electrons. The molecule has 2 aromatic heterocycles. The van der Waals surface area contributed by atoms with E-state index in [9.17, 15) is 10.2 Å².